The standard InChI is InChI=1S/C15H11Br2NO/c1-19-15-10(6-4-7-11(15)16)14-13(17)9-5-2-3-8-12(9)18-14/h2-8,18H,1H3. The summed E-state index contributed by atoms with van der Waals surface area (Å²) in [6, 6.07) is 14.2. The number of H-pyrrole nitrogens is 1. The highest BCUT2D eigenvalue weighted by molar-refractivity contribution is 9.11. The van der Waals surface area contributed by atoms with Crippen LogP contribution in [0.5, 0.6) is 5.75 Å². The van der Waals surface area contributed by atoms with Crippen molar-refractivity contribution in [3.8, 4) is 17.0 Å². The first kappa shape index (κ1) is 12.8. The maximum Gasteiger partial charge on any atom is 0.142 e. The van der Waals surface area contributed by atoms with Gasteiger partial charge >= 0.3 is 0 Å². The second-order valence-electron chi connectivity index (χ2n) is 4.18. The van der Waals surface area contributed by atoms with E-state index in [1.165, 1.54) is 5.39 Å². The zero-order valence-corrected chi connectivity index (χ0v) is 13.4. The van der Waals surface area contributed by atoms with Gasteiger partial charge in [-0.3, -0.25) is 0 Å². The molecule has 1 N–H and O–H groups in total. The zero-order valence-electron chi connectivity index (χ0n) is 10.2. The number of aromatic nitrogens is 1. The number of halogens is 2. The van der Waals surface area contributed by atoms with E-state index >= 15 is 0 Å². The number of hydrogen-bond acceptors (Lipinski definition) is 1. The first-order valence-corrected chi connectivity index (χ1v) is 7.40. The van der Waals surface area contributed by atoms with Crippen molar-refractivity contribution in [3.63, 3.8) is 0 Å². The van der Waals surface area contributed by atoms with Gasteiger partial charge in [0.15, 0.2) is 0 Å². The second kappa shape index (κ2) is 5.02. The van der Waals surface area contributed by atoms with Gasteiger partial charge in [-0.2, -0.15) is 0 Å². The summed E-state index contributed by atoms with van der Waals surface area (Å²) in [4.78, 5) is 3.43. The Morgan fingerprint density at radius 2 is 1.79 bits per heavy atom. The second-order valence-corrected chi connectivity index (χ2v) is 5.83. The lowest BCUT2D eigenvalue weighted by Gasteiger charge is -2.09. The highest BCUT2D eigenvalue weighted by Gasteiger charge is 2.15. The van der Waals surface area contributed by atoms with Crippen LogP contribution in [0.1, 0.15) is 0 Å². The van der Waals surface area contributed by atoms with Crippen LogP contribution in [0.2, 0.25) is 0 Å². The number of fused-ring (bicyclic) bond motifs is 1. The van der Waals surface area contributed by atoms with Crippen LogP contribution in [-0.2, 0) is 0 Å². The minimum absolute atomic E-state index is 0.828. The first-order chi connectivity index (χ1) is 9.22. The van der Waals surface area contributed by atoms with Crippen LogP contribution in [0.4, 0.5) is 0 Å². The SMILES string of the molecule is COc1c(Br)cccc1-c1[nH]c2ccccc2c1Br. The van der Waals surface area contributed by atoms with E-state index in [0.717, 1.165) is 31.5 Å². The predicted octanol–water partition coefficient (Wildman–Crippen LogP) is 5.37. The van der Waals surface area contributed by atoms with Gasteiger partial charge in [-0.25, -0.2) is 0 Å². The molecule has 0 aliphatic rings. The van der Waals surface area contributed by atoms with E-state index in [4.69, 9.17) is 4.74 Å². The molecular formula is C15H11Br2NO. The molecule has 0 saturated carbocycles. The molecule has 3 rings (SSSR count). The van der Waals surface area contributed by atoms with E-state index in [-0.39, 0.29) is 0 Å². The van der Waals surface area contributed by atoms with E-state index in [2.05, 4.69) is 49.0 Å². The fraction of sp³-hybridized carbons (Fsp3) is 0.0667. The van der Waals surface area contributed by atoms with E-state index in [1.807, 2.05) is 30.3 Å². The van der Waals surface area contributed by atoms with Gasteiger partial charge in [0.2, 0.25) is 0 Å². The monoisotopic (exact) mass is 379 g/mol. The topological polar surface area (TPSA) is 25.0 Å². The lowest BCUT2D eigenvalue weighted by atomic mass is 10.1. The molecule has 0 unspecified atom stereocenters. The molecule has 1 heterocycles. The van der Waals surface area contributed by atoms with Gasteiger partial charge in [-0.1, -0.05) is 24.3 Å². The Hall–Kier alpha value is -1.26. The Labute approximate surface area is 128 Å². The van der Waals surface area contributed by atoms with Crippen LogP contribution in [-0.4, -0.2) is 12.1 Å². The summed E-state index contributed by atoms with van der Waals surface area (Å²) in [6.07, 6.45) is 0. The van der Waals surface area contributed by atoms with Gasteiger partial charge in [0.05, 0.1) is 21.7 Å². The van der Waals surface area contributed by atoms with Crippen LogP contribution in [0.15, 0.2) is 51.4 Å². The quantitative estimate of drug-likeness (QED) is 0.635. The molecule has 0 fully saturated rings. The summed E-state index contributed by atoms with van der Waals surface area (Å²) >= 11 is 7.19. The van der Waals surface area contributed by atoms with Gasteiger partial charge < -0.3 is 9.72 Å². The number of benzene rings is 2. The van der Waals surface area contributed by atoms with E-state index in [9.17, 15) is 0 Å². The molecule has 3 aromatic rings. The van der Waals surface area contributed by atoms with Crippen LogP contribution in [0.3, 0.4) is 0 Å². The van der Waals surface area contributed by atoms with Gasteiger partial charge in [0.25, 0.3) is 0 Å². The Kier molecular flexibility index (Phi) is 3.37. The molecule has 4 heteroatoms. The Morgan fingerprint density at radius 3 is 2.53 bits per heavy atom. The van der Waals surface area contributed by atoms with Crippen LogP contribution >= 0.6 is 31.9 Å². The van der Waals surface area contributed by atoms with Gasteiger partial charge in [-0.15, -0.1) is 0 Å². The van der Waals surface area contributed by atoms with Crippen LogP contribution in [0, 0.1) is 0 Å². The summed E-state index contributed by atoms with van der Waals surface area (Å²) in [5, 5.41) is 1.17. The van der Waals surface area contributed by atoms with E-state index in [1.54, 1.807) is 7.11 Å². The highest BCUT2D eigenvalue weighted by atomic mass is 79.9. The summed E-state index contributed by atoms with van der Waals surface area (Å²) in [5.74, 6) is 0.828. The number of hydrogen-bond donors (Lipinski definition) is 1. The van der Waals surface area contributed by atoms with Crippen molar-refractivity contribution in [1.82, 2.24) is 4.98 Å². The number of nitrogens with one attached hydrogen (secondary N) is 1. The lowest BCUT2D eigenvalue weighted by molar-refractivity contribution is 0.413. The van der Waals surface area contributed by atoms with Crippen molar-refractivity contribution in [1.29, 1.82) is 0 Å². The average Bonchev–Trinajstić information content (AvgIpc) is 2.76. The van der Waals surface area contributed by atoms with Gasteiger partial charge in [0, 0.05) is 16.5 Å². The highest BCUT2D eigenvalue weighted by Crippen LogP contribution is 2.41. The number of aromatic amines is 1. The average molecular weight is 381 g/mol. The van der Waals surface area contributed by atoms with E-state index < -0.39 is 0 Å². The smallest absolute Gasteiger partial charge is 0.142 e. The Bertz CT molecular complexity index is 749. The number of para-hydroxylation sites is 2. The van der Waals surface area contributed by atoms with Crippen molar-refractivity contribution >= 4 is 42.8 Å². The maximum atomic E-state index is 5.49. The van der Waals surface area contributed by atoms with Crippen LogP contribution < -0.4 is 4.74 Å². The molecule has 0 radical (unpaired) electrons. The third-order valence-electron chi connectivity index (χ3n) is 3.08. The Balaban J connectivity index is 2.31. The fourth-order valence-corrected chi connectivity index (χ4v) is 3.39. The molecule has 0 spiro atoms. The summed E-state index contributed by atoms with van der Waals surface area (Å²) in [6.45, 7) is 0. The maximum absolute atomic E-state index is 5.49. The molecule has 2 aromatic carbocycles. The molecular weight excluding hydrogens is 370 g/mol. The molecule has 0 bridgehead atoms. The third-order valence-corrected chi connectivity index (χ3v) is 4.53. The number of ether oxygens (including phenoxy) is 1. The predicted molar refractivity (Wildman–Crippen MR) is 85.7 cm³/mol. The van der Waals surface area contributed by atoms with Crippen molar-refractivity contribution in [2.75, 3.05) is 7.11 Å². The first-order valence-electron chi connectivity index (χ1n) is 5.81. The van der Waals surface area contributed by atoms with Gasteiger partial charge in [-0.05, 0) is 50.1 Å². The molecule has 1 aromatic heterocycles. The summed E-state index contributed by atoms with van der Waals surface area (Å²) in [5.41, 5.74) is 3.16. The summed E-state index contributed by atoms with van der Waals surface area (Å²) < 4.78 is 7.49. The normalized spacial score (nSPS) is 10.9. The molecule has 0 saturated heterocycles. The van der Waals surface area contributed by atoms with Crippen molar-refractivity contribution in [2.24, 2.45) is 0 Å². The van der Waals surface area contributed by atoms with Crippen molar-refractivity contribution < 1.29 is 4.74 Å². The largest absolute Gasteiger partial charge is 0.495 e. The van der Waals surface area contributed by atoms with Gasteiger partial charge in [0.1, 0.15) is 5.75 Å². The summed E-state index contributed by atoms with van der Waals surface area (Å²) in [7, 11) is 1.68. The molecule has 2 nitrogen and oxygen atoms in total. The van der Waals surface area contributed by atoms with Crippen LogP contribution in [0.25, 0.3) is 22.2 Å². The molecule has 19 heavy (non-hydrogen) atoms. The fourth-order valence-electron chi connectivity index (χ4n) is 2.21. The third kappa shape index (κ3) is 2.09. The molecule has 0 atom stereocenters. The molecule has 0 aliphatic carbocycles. The lowest BCUT2D eigenvalue weighted by Crippen LogP contribution is -1.89. The van der Waals surface area contributed by atoms with Crippen molar-refractivity contribution in [3.05, 3.63) is 51.4 Å². The van der Waals surface area contributed by atoms with Crippen molar-refractivity contribution in [2.45, 2.75) is 0 Å². The minimum Gasteiger partial charge on any atom is -0.495 e. The molecule has 0 amide bonds. The minimum atomic E-state index is 0.828. The molecule has 96 valence electrons. The number of rotatable bonds is 2. The number of methoxy groups -OCH3 is 1. The zero-order chi connectivity index (χ0) is 13.4. The Morgan fingerprint density at radius 1 is 1.00 bits per heavy atom. The van der Waals surface area contributed by atoms with E-state index in [0.29, 0.717) is 0 Å². The molecule has 0 aliphatic heterocycles.